The molecule has 4 aromatic rings. The summed E-state index contributed by atoms with van der Waals surface area (Å²) in [6.07, 6.45) is 0. The number of benzene rings is 3. The van der Waals surface area contributed by atoms with Gasteiger partial charge in [0.2, 0.25) is 0 Å². The van der Waals surface area contributed by atoms with Crippen LogP contribution in [0.3, 0.4) is 0 Å². The number of halogens is 3. The number of rotatable bonds is 3. The molecule has 0 saturated carbocycles. The predicted molar refractivity (Wildman–Crippen MR) is 123 cm³/mol. The third-order valence-electron chi connectivity index (χ3n) is 6.21. The number of hydrogen-bond donors (Lipinski definition) is 2. The van der Waals surface area contributed by atoms with E-state index in [1.165, 1.54) is 17.0 Å². The van der Waals surface area contributed by atoms with Crippen molar-refractivity contribution in [3.63, 3.8) is 0 Å². The lowest BCUT2D eigenvalue weighted by molar-refractivity contribution is 0.0723. The van der Waals surface area contributed by atoms with Crippen molar-refractivity contribution in [1.82, 2.24) is 15.2 Å². The fraction of sp³-hybridized carbons (Fsp3) is 0.154. The van der Waals surface area contributed by atoms with Crippen LogP contribution >= 0.6 is 0 Å². The van der Waals surface area contributed by atoms with Crippen molar-refractivity contribution in [3.8, 4) is 11.1 Å². The van der Waals surface area contributed by atoms with Crippen molar-refractivity contribution in [3.05, 3.63) is 105 Å². The summed E-state index contributed by atoms with van der Waals surface area (Å²) in [6.45, 7) is 0.687. The number of likely N-dealkylation sites (N-methyl/N-ethyl adjacent to an activating group) is 1. The van der Waals surface area contributed by atoms with Gasteiger partial charge in [0.1, 0.15) is 5.82 Å². The van der Waals surface area contributed by atoms with Gasteiger partial charge in [0.25, 0.3) is 11.5 Å². The molecule has 1 atom stereocenters. The van der Waals surface area contributed by atoms with Crippen LogP contribution in [0.15, 0.2) is 65.5 Å². The van der Waals surface area contributed by atoms with Gasteiger partial charge in [0.05, 0.1) is 11.4 Å². The maximum Gasteiger partial charge on any atom is 0.256 e. The minimum Gasteiger partial charge on any atom is -0.333 e. The summed E-state index contributed by atoms with van der Waals surface area (Å²) in [7, 11) is 1.62. The molecule has 1 aromatic heterocycles. The molecule has 1 aliphatic rings. The van der Waals surface area contributed by atoms with Crippen LogP contribution < -0.4 is 10.9 Å². The van der Waals surface area contributed by atoms with Crippen molar-refractivity contribution >= 4 is 16.7 Å². The maximum absolute atomic E-state index is 14.1. The van der Waals surface area contributed by atoms with E-state index < -0.39 is 23.2 Å². The number of aromatic amines is 1. The molecule has 0 unspecified atom stereocenters. The normalized spacial score (nSPS) is 15.2. The predicted octanol–water partition coefficient (Wildman–Crippen LogP) is 4.53. The molecular weight excluding hydrogens is 443 g/mol. The Morgan fingerprint density at radius 2 is 1.62 bits per heavy atom. The fourth-order valence-corrected chi connectivity index (χ4v) is 4.52. The molecule has 1 aliphatic heterocycles. The Hall–Kier alpha value is -3.91. The lowest BCUT2D eigenvalue weighted by atomic mass is 9.93. The van der Waals surface area contributed by atoms with E-state index >= 15 is 0 Å². The zero-order valence-electron chi connectivity index (χ0n) is 18.2. The first-order valence-corrected chi connectivity index (χ1v) is 10.7. The van der Waals surface area contributed by atoms with Gasteiger partial charge in [-0.3, -0.25) is 9.59 Å². The largest absolute Gasteiger partial charge is 0.333 e. The SMILES string of the molecule is CN(C(=O)c1cccc(-c2cccc(F)c2)c1)[C@@H]1CNCc2[nH]c(=O)c3cc(F)c(F)cc3c21. The number of H-pyrrole nitrogens is 1. The highest BCUT2D eigenvalue weighted by atomic mass is 19.2. The molecule has 0 spiro atoms. The van der Waals surface area contributed by atoms with E-state index in [-0.39, 0.29) is 22.5 Å². The number of amides is 1. The van der Waals surface area contributed by atoms with Crippen LogP contribution in [0.4, 0.5) is 13.2 Å². The lowest BCUT2D eigenvalue weighted by Crippen LogP contribution is -2.42. The molecule has 5 nitrogen and oxygen atoms in total. The smallest absolute Gasteiger partial charge is 0.256 e. The van der Waals surface area contributed by atoms with Gasteiger partial charge in [-0.25, -0.2) is 13.2 Å². The highest BCUT2D eigenvalue weighted by Crippen LogP contribution is 2.33. The molecule has 8 heteroatoms. The van der Waals surface area contributed by atoms with Gasteiger partial charge in [-0.15, -0.1) is 0 Å². The van der Waals surface area contributed by atoms with E-state index in [4.69, 9.17) is 0 Å². The van der Waals surface area contributed by atoms with E-state index in [1.807, 2.05) is 0 Å². The zero-order chi connectivity index (χ0) is 24.0. The standard InChI is InChI=1S/C26H20F3N3O2/c1-32(26(34)16-6-2-4-14(8-16)15-5-3-7-17(27)9-15)23-13-30-12-22-24(23)18-10-20(28)21(29)11-19(18)25(33)31-22/h2-11,23,30H,12-13H2,1H3,(H,31,33)/t23-/m1/s1. The average Bonchev–Trinajstić information content (AvgIpc) is 2.84. The first kappa shape index (κ1) is 21.9. The van der Waals surface area contributed by atoms with Crippen LogP contribution in [0.5, 0.6) is 0 Å². The Balaban J connectivity index is 1.56. The first-order valence-electron chi connectivity index (χ1n) is 10.7. The van der Waals surface area contributed by atoms with Crippen molar-refractivity contribution in [2.24, 2.45) is 0 Å². The van der Waals surface area contributed by atoms with Crippen molar-refractivity contribution < 1.29 is 18.0 Å². The van der Waals surface area contributed by atoms with Crippen molar-refractivity contribution in [2.75, 3.05) is 13.6 Å². The number of aromatic nitrogens is 1. The molecule has 1 amide bonds. The Kier molecular flexibility index (Phi) is 5.45. The molecule has 172 valence electrons. The van der Waals surface area contributed by atoms with Gasteiger partial charge in [-0.05, 0) is 52.9 Å². The molecule has 0 radical (unpaired) electrons. The maximum atomic E-state index is 14.1. The number of carbonyl (C=O) groups excluding carboxylic acids is 1. The number of nitrogens with zero attached hydrogens (tertiary/aromatic N) is 1. The first-order chi connectivity index (χ1) is 16.3. The average molecular weight is 463 g/mol. The highest BCUT2D eigenvalue weighted by Gasteiger charge is 2.30. The third kappa shape index (κ3) is 3.76. The van der Waals surface area contributed by atoms with Crippen LogP contribution in [-0.4, -0.2) is 29.4 Å². The fourth-order valence-electron chi connectivity index (χ4n) is 4.52. The van der Waals surface area contributed by atoms with E-state index in [0.29, 0.717) is 41.0 Å². The van der Waals surface area contributed by atoms with E-state index in [9.17, 15) is 22.8 Å². The van der Waals surface area contributed by atoms with E-state index in [2.05, 4.69) is 10.3 Å². The minimum absolute atomic E-state index is 0.0264. The van der Waals surface area contributed by atoms with Crippen LogP contribution in [0.2, 0.25) is 0 Å². The monoisotopic (exact) mass is 463 g/mol. The van der Waals surface area contributed by atoms with Gasteiger partial charge in [-0.1, -0.05) is 24.3 Å². The summed E-state index contributed by atoms with van der Waals surface area (Å²) in [6, 6.07) is 14.3. The molecule has 3 aromatic carbocycles. The van der Waals surface area contributed by atoms with Crippen molar-refractivity contribution in [1.29, 1.82) is 0 Å². The van der Waals surface area contributed by atoms with Crippen LogP contribution in [0.1, 0.15) is 27.7 Å². The van der Waals surface area contributed by atoms with Gasteiger partial charge in [0.15, 0.2) is 11.6 Å². The van der Waals surface area contributed by atoms with Gasteiger partial charge >= 0.3 is 0 Å². The van der Waals surface area contributed by atoms with Gasteiger partial charge in [0, 0.05) is 37.0 Å². The minimum atomic E-state index is -1.11. The molecule has 2 N–H and O–H groups in total. The Labute approximate surface area is 192 Å². The second-order valence-corrected chi connectivity index (χ2v) is 8.31. The van der Waals surface area contributed by atoms with E-state index in [1.54, 1.807) is 43.4 Å². The van der Waals surface area contributed by atoms with Gasteiger partial charge < -0.3 is 15.2 Å². The van der Waals surface area contributed by atoms with E-state index in [0.717, 1.165) is 12.1 Å². The topological polar surface area (TPSA) is 65.2 Å². The number of fused-ring (bicyclic) bond motifs is 3. The Morgan fingerprint density at radius 3 is 2.35 bits per heavy atom. The molecule has 5 rings (SSSR count). The second-order valence-electron chi connectivity index (χ2n) is 8.31. The molecule has 0 bridgehead atoms. The summed E-state index contributed by atoms with van der Waals surface area (Å²) in [4.78, 5) is 30.2. The lowest BCUT2D eigenvalue weighted by Gasteiger charge is -2.34. The van der Waals surface area contributed by atoms with Gasteiger partial charge in [-0.2, -0.15) is 0 Å². The molecule has 0 aliphatic carbocycles. The Bertz CT molecular complexity index is 1500. The molecule has 2 heterocycles. The third-order valence-corrected chi connectivity index (χ3v) is 6.21. The summed E-state index contributed by atoms with van der Waals surface area (Å²) < 4.78 is 41.6. The Morgan fingerprint density at radius 1 is 0.941 bits per heavy atom. The molecule has 0 fully saturated rings. The number of hydrogen-bond acceptors (Lipinski definition) is 3. The van der Waals surface area contributed by atoms with Crippen LogP contribution in [0.25, 0.3) is 21.9 Å². The number of nitrogens with one attached hydrogen (secondary N) is 2. The molecule has 0 saturated heterocycles. The van der Waals surface area contributed by atoms with Crippen LogP contribution in [0, 0.1) is 17.5 Å². The summed E-state index contributed by atoms with van der Waals surface area (Å²) in [5, 5.41) is 3.47. The number of carbonyl (C=O) groups is 1. The highest BCUT2D eigenvalue weighted by molar-refractivity contribution is 5.96. The molecule has 34 heavy (non-hydrogen) atoms. The summed E-state index contributed by atoms with van der Waals surface area (Å²) in [5.41, 5.74) is 2.29. The zero-order valence-corrected chi connectivity index (χ0v) is 18.2. The number of pyridine rings is 1. The quantitative estimate of drug-likeness (QED) is 0.469. The summed E-state index contributed by atoms with van der Waals surface area (Å²) in [5.74, 6) is -2.85. The summed E-state index contributed by atoms with van der Waals surface area (Å²) >= 11 is 0. The molecular formula is C26H20F3N3O2. The van der Waals surface area contributed by atoms with Crippen molar-refractivity contribution in [2.45, 2.75) is 12.6 Å². The second kappa shape index (κ2) is 8.46. The van der Waals surface area contributed by atoms with Crippen LogP contribution in [-0.2, 0) is 6.54 Å².